The van der Waals surface area contributed by atoms with Gasteiger partial charge in [-0.05, 0) is 52.2 Å². The molecule has 1 aromatic heterocycles. The van der Waals surface area contributed by atoms with E-state index in [1.54, 1.807) is 10.6 Å². The molecule has 1 amide bonds. The highest BCUT2D eigenvalue weighted by Crippen LogP contribution is 2.26. The first-order valence-corrected chi connectivity index (χ1v) is 9.83. The normalized spacial score (nSPS) is 16.4. The van der Waals surface area contributed by atoms with Crippen LogP contribution in [0, 0.1) is 0 Å². The van der Waals surface area contributed by atoms with Crippen molar-refractivity contribution in [1.29, 1.82) is 0 Å². The molecule has 1 unspecified atom stereocenters. The van der Waals surface area contributed by atoms with Gasteiger partial charge in [0.2, 0.25) is 5.91 Å². The van der Waals surface area contributed by atoms with Crippen molar-refractivity contribution in [2.45, 2.75) is 56.5 Å². The second-order valence-corrected chi connectivity index (χ2v) is 8.13. The molecular formula is C19H25N3O2S. The first-order chi connectivity index (χ1) is 12.0. The van der Waals surface area contributed by atoms with Gasteiger partial charge in [0.05, 0.1) is 16.2 Å². The Hall–Kier alpha value is -1.82. The van der Waals surface area contributed by atoms with Crippen LogP contribution in [0.3, 0.4) is 0 Å². The number of likely N-dealkylation sites (tertiary alicyclic amines) is 1. The molecule has 0 spiro atoms. The van der Waals surface area contributed by atoms with Gasteiger partial charge in [-0.2, -0.15) is 0 Å². The van der Waals surface area contributed by atoms with Crippen molar-refractivity contribution in [3.8, 4) is 0 Å². The summed E-state index contributed by atoms with van der Waals surface area (Å²) >= 11 is 1.39. The Morgan fingerprint density at radius 1 is 1.12 bits per heavy atom. The lowest BCUT2D eigenvalue weighted by Gasteiger charge is -2.29. The first-order valence-electron chi connectivity index (χ1n) is 8.95. The Kier molecular flexibility index (Phi) is 5.47. The molecule has 134 valence electrons. The number of amides is 1. The van der Waals surface area contributed by atoms with Crippen LogP contribution in [0.25, 0.3) is 10.9 Å². The largest absolute Gasteiger partial charge is 0.342 e. The monoisotopic (exact) mass is 359 g/mol. The summed E-state index contributed by atoms with van der Waals surface area (Å²) in [5, 5.41) is 0.989. The van der Waals surface area contributed by atoms with E-state index >= 15 is 0 Å². The van der Waals surface area contributed by atoms with E-state index < -0.39 is 0 Å². The smallest absolute Gasteiger partial charge is 0.262 e. The fourth-order valence-corrected chi connectivity index (χ4v) is 4.37. The minimum atomic E-state index is -0.254. The van der Waals surface area contributed by atoms with E-state index in [0.717, 1.165) is 25.9 Å². The number of nitrogens with zero attached hydrogens (tertiary/aromatic N) is 3. The Morgan fingerprint density at radius 3 is 2.48 bits per heavy atom. The third-order valence-electron chi connectivity index (χ3n) is 4.59. The van der Waals surface area contributed by atoms with Crippen molar-refractivity contribution < 1.29 is 4.79 Å². The number of thioether (sulfide) groups is 1. The van der Waals surface area contributed by atoms with Gasteiger partial charge >= 0.3 is 0 Å². The van der Waals surface area contributed by atoms with Gasteiger partial charge in [0.1, 0.15) is 0 Å². The molecule has 2 heterocycles. The number of piperidine rings is 1. The summed E-state index contributed by atoms with van der Waals surface area (Å²) in [7, 11) is 0. The van der Waals surface area contributed by atoms with Gasteiger partial charge in [-0.3, -0.25) is 14.2 Å². The first kappa shape index (κ1) is 18.0. The molecule has 1 atom stereocenters. The maximum Gasteiger partial charge on any atom is 0.262 e. The predicted molar refractivity (Wildman–Crippen MR) is 102 cm³/mol. The zero-order valence-electron chi connectivity index (χ0n) is 15.1. The van der Waals surface area contributed by atoms with E-state index in [4.69, 9.17) is 0 Å². The number of aromatic nitrogens is 2. The number of hydrogen-bond acceptors (Lipinski definition) is 4. The van der Waals surface area contributed by atoms with Crippen molar-refractivity contribution in [3.63, 3.8) is 0 Å². The Bertz CT molecular complexity index is 825. The molecule has 0 radical (unpaired) electrons. The minimum absolute atomic E-state index is 0.00982. The molecule has 1 aromatic carbocycles. The molecule has 0 N–H and O–H groups in total. The number of fused-ring (bicyclic) bond motifs is 1. The highest BCUT2D eigenvalue weighted by molar-refractivity contribution is 8.00. The molecule has 25 heavy (non-hydrogen) atoms. The van der Waals surface area contributed by atoms with E-state index in [1.807, 2.05) is 43.9 Å². The lowest BCUT2D eigenvalue weighted by Crippen LogP contribution is -2.40. The summed E-state index contributed by atoms with van der Waals surface area (Å²) in [4.78, 5) is 32.2. The van der Waals surface area contributed by atoms with Gasteiger partial charge in [-0.15, -0.1) is 0 Å². The average Bonchev–Trinajstić information content (AvgIpc) is 2.61. The standard InChI is InChI=1S/C19H25N3O2S/c1-13(2)22-18(24)15-9-5-6-10-16(15)20-19(22)25-14(3)17(23)21-11-7-4-8-12-21/h5-6,9-10,13-14H,4,7-8,11-12H2,1-3H3. The Balaban J connectivity index is 1.93. The van der Waals surface area contributed by atoms with E-state index in [0.29, 0.717) is 16.1 Å². The summed E-state index contributed by atoms with van der Waals surface area (Å²) in [6.45, 7) is 7.53. The molecule has 1 aliphatic rings. The maximum atomic E-state index is 12.9. The van der Waals surface area contributed by atoms with E-state index in [-0.39, 0.29) is 22.8 Å². The van der Waals surface area contributed by atoms with Crippen LogP contribution >= 0.6 is 11.8 Å². The molecule has 1 aliphatic heterocycles. The lowest BCUT2D eigenvalue weighted by molar-refractivity contribution is -0.131. The van der Waals surface area contributed by atoms with Crippen LogP contribution < -0.4 is 5.56 Å². The third kappa shape index (κ3) is 3.73. The molecule has 5 nitrogen and oxygen atoms in total. The Labute approximate surface area is 152 Å². The quantitative estimate of drug-likeness (QED) is 0.620. The highest BCUT2D eigenvalue weighted by Gasteiger charge is 2.25. The molecule has 3 rings (SSSR count). The van der Waals surface area contributed by atoms with Crippen molar-refractivity contribution >= 4 is 28.6 Å². The summed E-state index contributed by atoms with van der Waals surface area (Å²) in [5.41, 5.74) is 0.644. The SMILES string of the molecule is CC(Sc1nc2ccccc2c(=O)n1C(C)C)C(=O)N1CCCCC1. The van der Waals surface area contributed by atoms with E-state index in [1.165, 1.54) is 18.2 Å². The highest BCUT2D eigenvalue weighted by atomic mass is 32.2. The number of carbonyl (C=O) groups is 1. The topological polar surface area (TPSA) is 55.2 Å². The molecule has 0 aliphatic carbocycles. The molecule has 0 bridgehead atoms. The zero-order chi connectivity index (χ0) is 18.0. The lowest BCUT2D eigenvalue weighted by atomic mass is 10.1. The van der Waals surface area contributed by atoms with Gasteiger partial charge in [-0.1, -0.05) is 23.9 Å². The summed E-state index contributed by atoms with van der Waals surface area (Å²) < 4.78 is 1.70. The number of carbonyl (C=O) groups excluding carboxylic acids is 1. The van der Waals surface area contributed by atoms with Crippen LogP contribution in [0.15, 0.2) is 34.2 Å². The van der Waals surface area contributed by atoms with Crippen LogP contribution in [0.2, 0.25) is 0 Å². The second-order valence-electron chi connectivity index (χ2n) is 6.83. The van der Waals surface area contributed by atoms with Crippen LogP contribution in [-0.2, 0) is 4.79 Å². The Morgan fingerprint density at radius 2 is 1.80 bits per heavy atom. The number of benzene rings is 1. The number of para-hydroxylation sites is 1. The summed E-state index contributed by atoms with van der Waals surface area (Å²) in [6.07, 6.45) is 3.35. The minimum Gasteiger partial charge on any atom is -0.342 e. The summed E-state index contributed by atoms with van der Waals surface area (Å²) in [6, 6.07) is 7.38. The third-order valence-corrected chi connectivity index (χ3v) is 5.64. The van der Waals surface area contributed by atoms with Crippen molar-refractivity contribution in [2.24, 2.45) is 0 Å². The van der Waals surface area contributed by atoms with Gasteiger partial charge in [-0.25, -0.2) is 4.98 Å². The van der Waals surface area contributed by atoms with Crippen molar-refractivity contribution in [2.75, 3.05) is 13.1 Å². The van der Waals surface area contributed by atoms with Crippen LogP contribution in [0.1, 0.15) is 46.1 Å². The molecular weight excluding hydrogens is 334 g/mol. The summed E-state index contributed by atoms with van der Waals surface area (Å²) in [5.74, 6) is 0.141. The van der Waals surface area contributed by atoms with Gasteiger partial charge in [0.25, 0.3) is 5.56 Å². The van der Waals surface area contributed by atoms with Crippen LogP contribution in [0.4, 0.5) is 0 Å². The maximum absolute atomic E-state index is 12.9. The molecule has 0 saturated carbocycles. The number of rotatable bonds is 4. The van der Waals surface area contributed by atoms with Gasteiger partial charge in [0.15, 0.2) is 5.16 Å². The van der Waals surface area contributed by atoms with Crippen molar-refractivity contribution in [3.05, 3.63) is 34.6 Å². The molecule has 1 fully saturated rings. The molecule has 2 aromatic rings. The zero-order valence-corrected chi connectivity index (χ0v) is 15.9. The van der Waals surface area contributed by atoms with Gasteiger partial charge < -0.3 is 4.90 Å². The van der Waals surface area contributed by atoms with Crippen LogP contribution in [0.5, 0.6) is 0 Å². The molecule has 6 heteroatoms. The number of hydrogen-bond donors (Lipinski definition) is 0. The van der Waals surface area contributed by atoms with E-state index in [9.17, 15) is 9.59 Å². The second kappa shape index (κ2) is 7.60. The van der Waals surface area contributed by atoms with Gasteiger partial charge in [0, 0.05) is 19.1 Å². The molecule has 1 saturated heterocycles. The van der Waals surface area contributed by atoms with Crippen LogP contribution in [-0.4, -0.2) is 38.7 Å². The average molecular weight is 359 g/mol. The fraction of sp³-hybridized carbons (Fsp3) is 0.526. The van der Waals surface area contributed by atoms with E-state index in [2.05, 4.69) is 4.98 Å². The fourth-order valence-electron chi connectivity index (χ4n) is 3.24. The van der Waals surface area contributed by atoms with Crippen molar-refractivity contribution in [1.82, 2.24) is 14.5 Å². The predicted octanol–water partition coefficient (Wildman–Crippen LogP) is 3.47.